The van der Waals surface area contributed by atoms with E-state index in [4.69, 9.17) is 9.84 Å². The number of benzene rings is 2. The first kappa shape index (κ1) is 38.2. The summed E-state index contributed by atoms with van der Waals surface area (Å²) in [7, 11) is 0. The highest BCUT2D eigenvalue weighted by Crippen LogP contribution is 2.40. The standard InChI is InChI=1S/C19H30O5.C15H22O5/c1-2-3-4-5-6-7-8-9-10-11-12-24-19(23)15-13-16(20)18(22)17(21)14-15;1-2-3-4-5-6-7-8-10-11(15(19)20)9-12(16)14(18)13(10)17/h13-14,20-22H,2-12H2,1H3;9,16-18H,2-8H2,1H3,(H,19,20). The molecule has 0 saturated heterocycles. The number of aromatic carboxylic acids is 1. The molecule has 0 unspecified atom stereocenters. The first-order valence-electron chi connectivity index (χ1n) is 16.0. The topological polar surface area (TPSA) is 185 Å². The van der Waals surface area contributed by atoms with Crippen LogP contribution in [0, 0.1) is 0 Å². The summed E-state index contributed by atoms with van der Waals surface area (Å²) < 4.78 is 5.11. The molecule has 0 radical (unpaired) electrons. The molecule has 44 heavy (non-hydrogen) atoms. The van der Waals surface area contributed by atoms with Crippen molar-refractivity contribution in [3.05, 3.63) is 34.9 Å². The van der Waals surface area contributed by atoms with Crippen molar-refractivity contribution in [1.82, 2.24) is 0 Å². The molecule has 2 aromatic rings. The predicted octanol–water partition coefficient (Wildman–Crippen LogP) is 8.29. The summed E-state index contributed by atoms with van der Waals surface area (Å²) in [5, 5.41) is 65.7. The Morgan fingerprint density at radius 1 is 0.568 bits per heavy atom. The second kappa shape index (κ2) is 21.8. The molecule has 2 aromatic carbocycles. The van der Waals surface area contributed by atoms with Crippen molar-refractivity contribution in [2.75, 3.05) is 6.61 Å². The summed E-state index contributed by atoms with van der Waals surface area (Å²) in [5.74, 6) is -5.37. The fourth-order valence-electron chi connectivity index (χ4n) is 4.77. The Morgan fingerprint density at radius 3 is 1.48 bits per heavy atom. The molecule has 0 aliphatic carbocycles. The average Bonchev–Trinajstić information content (AvgIpc) is 2.99. The van der Waals surface area contributed by atoms with E-state index in [9.17, 15) is 40.2 Å². The van der Waals surface area contributed by atoms with E-state index in [1.54, 1.807) is 0 Å². The van der Waals surface area contributed by atoms with Gasteiger partial charge < -0.3 is 40.5 Å². The lowest BCUT2D eigenvalue weighted by molar-refractivity contribution is 0.0496. The average molecular weight is 621 g/mol. The molecule has 2 rings (SSSR count). The Balaban J connectivity index is 0.000000447. The Bertz CT molecular complexity index is 1120. The van der Waals surface area contributed by atoms with Crippen LogP contribution in [0.5, 0.6) is 34.5 Å². The fourth-order valence-corrected chi connectivity index (χ4v) is 4.77. The van der Waals surface area contributed by atoms with Crippen molar-refractivity contribution in [2.45, 2.75) is 123 Å². The Hall–Kier alpha value is -3.82. The number of phenols is 6. The van der Waals surface area contributed by atoms with Gasteiger partial charge in [-0.05, 0) is 37.5 Å². The van der Waals surface area contributed by atoms with Crippen LogP contribution in [0.15, 0.2) is 18.2 Å². The highest BCUT2D eigenvalue weighted by Gasteiger charge is 2.20. The van der Waals surface area contributed by atoms with Crippen LogP contribution in [0.4, 0.5) is 0 Å². The maximum absolute atomic E-state index is 11.8. The zero-order valence-electron chi connectivity index (χ0n) is 26.3. The van der Waals surface area contributed by atoms with E-state index in [-0.39, 0.29) is 16.7 Å². The molecule has 0 aliphatic heterocycles. The summed E-state index contributed by atoms with van der Waals surface area (Å²) >= 11 is 0. The minimum absolute atomic E-state index is 0.0230. The van der Waals surface area contributed by atoms with Crippen LogP contribution in [-0.2, 0) is 11.2 Å². The highest BCUT2D eigenvalue weighted by atomic mass is 16.5. The van der Waals surface area contributed by atoms with E-state index in [1.165, 1.54) is 51.4 Å². The zero-order chi connectivity index (χ0) is 32.9. The van der Waals surface area contributed by atoms with Crippen molar-refractivity contribution in [3.63, 3.8) is 0 Å². The van der Waals surface area contributed by atoms with Gasteiger partial charge in [0.15, 0.2) is 28.7 Å². The number of hydrogen-bond acceptors (Lipinski definition) is 9. The summed E-state index contributed by atoms with van der Waals surface area (Å²) in [6.07, 6.45) is 18.7. The Morgan fingerprint density at radius 2 is 1.00 bits per heavy atom. The number of carboxylic acids is 1. The summed E-state index contributed by atoms with van der Waals surface area (Å²) in [6, 6.07) is 3.13. The largest absolute Gasteiger partial charge is 0.504 e. The monoisotopic (exact) mass is 620 g/mol. The molecular weight excluding hydrogens is 568 g/mol. The molecule has 10 heteroatoms. The zero-order valence-corrected chi connectivity index (χ0v) is 26.3. The molecule has 0 heterocycles. The van der Waals surface area contributed by atoms with Crippen LogP contribution in [0.2, 0.25) is 0 Å². The molecule has 10 nitrogen and oxygen atoms in total. The lowest BCUT2D eigenvalue weighted by Gasteiger charge is -2.11. The first-order valence-corrected chi connectivity index (χ1v) is 16.0. The molecule has 0 fully saturated rings. The quantitative estimate of drug-likeness (QED) is 0.0431. The van der Waals surface area contributed by atoms with Crippen molar-refractivity contribution in [2.24, 2.45) is 0 Å². The van der Waals surface area contributed by atoms with Gasteiger partial charge in [0.1, 0.15) is 0 Å². The maximum atomic E-state index is 11.8. The third-order valence-electron chi connectivity index (χ3n) is 7.41. The molecule has 0 aromatic heterocycles. The molecular formula is C34H52O10. The van der Waals surface area contributed by atoms with E-state index in [1.807, 2.05) is 0 Å². The van der Waals surface area contributed by atoms with Crippen molar-refractivity contribution < 1.29 is 50.1 Å². The van der Waals surface area contributed by atoms with E-state index >= 15 is 0 Å². The molecule has 0 bridgehead atoms. The number of aromatic hydroxyl groups is 6. The second-order valence-corrected chi connectivity index (χ2v) is 11.1. The number of esters is 1. The molecule has 248 valence electrons. The van der Waals surface area contributed by atoms with E-state index in [0.29, 0.717) is 13.0 Å². The van der Waals surface area contributed by atoms with Crippen molar-refractivity contribution in [1.29, 1.82) is 0 Å². The number of rotatable bonds is 20. The lowest BCUT2D eigenvalue weighted by Crippen LogP contribution is -2.06. The number of carbonyl (C=O) groups is 2. The predicted molar refractivity (Wildman–Crippen MR) is 169 cm³/mol. The number of hydrogen-bond donors (Lipinski definition) is 7. The first-order chi connectivity index (χ1) is 21.0. The maximum Gasteiger partial charge on any atom is 0.338 e. The van der Waals surface area contributed by atoms with E-state index in [2.05, 4.69) is 13.8 Å². The summed E-state index contributed by atoms with van der Waals surface area (Å²) in [5.41, 5.74) is 0.0459. The number of carboxylic acid groups (broad SMARTS) is 1. The van der Waals surface area contributed by atoms with Gasteiger partial charge in [-0.25, -0.2) is 9.59 Å². The number of ether oxygens (including phenoxy) is 1. The van der Waals surface area contributed by atoms with Gasteiger partial charge in [-0.15, -0.1) is 0 Å². The van der Waals surface area contributed by atoms with Crippen LogP contribution >= 0.6 is 0 Å². The van der Waals surface area contributed by atoms with Gasteiger partial charge in [-0.3, -0.25) is 0 Å². The molecule has 0 spiro atoms. The van der Waals surface area contributed by atoms with Gasteiger partial charge in [0, 0.05) is 5.56 Å². The smallest absolute Gasteiger partial charge is 0.338 e. The van der Waals surface area contributed by atoms with Crippen LogP contribution in [0.1, 0.15) is 143 Å². The second-order valence-electron chi connectivity index (χ2n) is 11.1. The molecule has 7 N–H and O–H groups in total. The van der Waals surface area contributed by atoms with Crippen molar-refractivity contribution in [3.8, 4) is 34.5 Å². The molecule has 0 amide bonds. The van der Waals surface area contributed by atoms with Gasteiger partial charge in [0.2, 0.25) is 5.75 Å². The normalized spacial score (nSPS) is 10.7. The van der Waals surface area contributed by atoms with E-state index in [0.717, 1.165) is 69.6 Å². The Labute approximate surface area is 261 Å². The van der Waals surface area contributed by atoms with Gasteiger partial charge in [-0.1, -0.05) is 104 Å². The molecule has 0 saturated carbocycles. The molecule has 0 atom stereocenters. The summed E-state index contributed by atoms with van der Waals surface area (Å²) in [4.78, 5) is 22.9. The van der Waals surface area contributed by atoms with E-state index < -0.39 is 46.4 Å². The minimum Gasteiger partial charge on any atom is -0.504 e. The summed E-state index contributed by atoms with van der Waals surface area (Å²) in [6.45, 7) is 4.67. The third-order valence-corrected chi connectivity index (χ3v) is 7.41. The minimum atomic E-state index is -1.23. The Kier molecular flexibility index (Phi) is 18.9. The number of phenolic OH excluding ortho intramolecular Hbond substituents is 6. The number of unbranched alkanes of at least 4 members (excludes halogenated alkanes) is 14. The lowest BCUT2D eigenvalue weighted by atomic mass is 9.98. The fraction of sp³-hybridized carbons (Fsp3) is 0.588. The number of carbonyl (C=O) groups excluding carboxylic acids is 1. The third kappa shape index (κ3) is 14.1. The van der Waals surface area contributed by atoms with Crippen molar-refractivity contribution >= 4 is 11.9 Å². The van der Waals surface area contributed by atoms with Gasteiger partial charge >= 0.3 is 11.9 Å². The van der Waals surface area contributed by atoms with Crippen LogP contribution < -0.4 is 0 Å². The SMILES string of the molecule is CCCCCCCCCCCCOC(=O)c1cc(O)c(O)c(O)c1.CCCCCCCCc1c(C(=O)O)cc(O)c(O)c1O. The van der Waals surface area contributed by atoms with Gasteiger partial charge in [-0.2, -0.15) is 0 Å². The van der Waals surface area contributed by atoms with Crippen LogP contribution in [0.3, 0.4) is 0 Å². The molecule has 0 aliphatic rings. The van der Waals surface area contributed by atoms with Crippen LogP contribution in [0.25, 0.3) is 0 Å². The van der Waals surface area contributed by atoms with Gasteiger partial charge in [0.25, 0.3) is 0 Å². The van der Waals surface area contributed by atoms with Crippen LogP contribution in [-0.4, -0.2) is 54.3 Å². The van der Waals surface area contributed by atoms with Gasteiger partial charge in [0.05, 0.1) is 17.7 Å². The highest BCUT2D eigenvalue weighted by molar-refractivity contribution is 5.92.